The summed E-state index contributed by atoms with van der Waals surface area (Å²) in [5, 5.41) is 12.1. The van der Waals surface area contributed by atoms with E-state index in [2.05, 4.69) is 5.32 Å². The first-order valence-corrected chi connectivity index (χ1v) is 9.43. The highest BCUT2D eigenvalue weighted by Crippen LogP contribution is 2.30. The molecule has 8 heteroatoms. The van der Waals surface area contributed by atoms with Crippen molar-refractivity contribution in [3.8, 4) is 0 Å². The van der Waals surface area contributed by atoms with E-state index in [0.29, 0.717) is 6.42 Å². The van der Waals surface area contributed by atoms with E-state index in [1.165, 1.54) is 36.4 Å². The normalized spacial score (nSPS) is 13.0. The van der Waals surface area contributed by atoms with Crippen molar-refractivity contribution in [3.63, 3.8) is 0 Å². The molecule has 4 N–H and O–H groups in total. The summed E-state index contributed by atoms with van der Waals surface area (Å²) in [6.07, 6.45) is 0.593. The molecule has 0 saturated heterocycles. The molecule has 2 atom stereocenters. The van der Waals surface area contributed by atoms with E-state index in [1.54, 1.807) is 6.92 Å². The number of primary amides is 1. The maximum absolute atomic E-state index is 15.3. The number of benzene rings is 2. The van der Waals surface area contributed by atoms with Crippen molar-refractivity contribution in [3.05, 3.63) is 69.5 Å². The van der Waals surface area contributed by atoms with Crippen molar-refractivity contribution in [2.24, 2.45) is 5.73 Å². The van der Waals surface area contributed by atoms with Gasteiger partial charge in [-0.1, -0.05) is 36.7 Å². The van der Waals surface area contributed by atoms with Gasteiger partial charge in [-0.25, -0.2) is 9.18 Å². The van der Waals surface area contributed by atoms with Gasteiger partial charge in [0.1, 0.15) is 5.82 Å². The molecule has 6 nitrogen and oxygen atoms in total. The van der Waals surface area contributed by atoms with Gasteiger partial charge in [-0.3, -0.25) is 9.59 Å². The monoisotopic (exact) mass is 424 g/mol. The molecular formula is C21H26ClFN2O4. The second-order valence-electron chi connectivity index (χ2n) is 6.74. The number of nitrogens with two attached hydrogens (primary N) is 1. The highest BCUT2D eigenvalue weighted by atomic mass is 35.5. The molecule has 0 saturated carbocycles. The van der Waals surface area contributed by atoms with E-state index in [1.807, 2.05) is 6.92 Å². The van der Waals surface area contributed by atoms with Crippen LogP contribution in [0.1, 0.15) is 67.4 Å². The minimum absolute atomic E-state index is 0. The number of amides is 1. The van der Waals surface area contributed by atoms with Gasteiger partial charge >= 0.3 is 5.97 Å². The molecular weight excluding hydrogens is 399 g/mol. The lowest BCUT2D eigenvalue weighted by Gasteiger charge is -2.23. The number of hydrogen-bond donors (Lipinski definition) is 3. The largest absolute Gasteiger partial charge is 0.478 e. The van der Waals surface area contributed by atoms with E-state index in [4.69, 9.17) is 22.4 Å². The van der Waals surface area contributed by atoms with Crippen molar-refractivity contribution >= 4 is 29.3 Å². The fourth-order valence-electron chi connectivity index (χ4n) is 3.09. The molecule has 158 valence electrons. The van der Waals surface area contributed by atoms with Crippen molar-refractivity contribution in [1.82, 2.24) is 5.32 Å². The van der Waals surface area contributed by atoms with Crippen LogP contribution in [0.2, 0.25) is 5.02 Å². The van der Waals surface area contributed by atoms with Gasteiger partial charge in [-0.15, -0.1) is 0 Å². The number of nitrogens with one attached hydrogen (secondary N) is 1. The van der Waals surface area contributed by atoms with Crippen LogP contribution >= 0.6 is 11.6 Å². The summed E-state index contributed by atoms with van der Waals surface area (Å²) in [6.45, 7) is 3.60. The second kappa shape index (κ2) is 9.62. The van der Waals surface area contributed by atoms with E-state index in [0.717, 1.165) is 0 Å². The first kappa shape index (κ1) is 22.5. The van der Waals surface area contributed by atoms with Crippen LogP contribution in [0.25, 0.3) is 0 Å². The fraction of sp³-hybridized carbons (Fsp3) is 0.286. The van der Waals surface area contributed by atoms with Gasteiger partial charge in [0, 0.05) is 32.5 Å². The lowest BCUT2D eigenvalue weighted by molar-refractivity contribution is -0.118. The van der Waals surface area contributed by atoms with Crippen molar-refractivity contribution in [1.29, 1.82) is 0 Å². The molecule has 0 radical (unpaired) electrons. The van der Waals surface area contributed by atoms with E-state index >= 15 is 4.39 Å². The minimum Gasteiger partial charge on any atom is -0.478 e. The molecule has 0 spiro atoms. The smallest absolute Gasteiger partial charge is 0.335 e. The Morgan fingerprint density at radius 3 is 2.28 bits per heavy atom. The van der Waals surface area contributed by atoms with Crippen molar-refractivity contribution in [2.75, 3.05) is 0 Å². The summed E-state index contributed by atoms with van der Waals surface area (Å²) in [7, 11) is 0. The highest BCUT2D eigenvalue weighted by molar-refractivity contribution is 6.35. The summed E-state index contributed by atoms with van der Waals surface area (Å²) < 4.78 is 15.3. The summed E-state index contributed by atoms with van der Waals surface area (Å²) in [4.78, 5) is 34.9. The fourth-order valence-corrected chi connectivity index (χ4v) is 3.32. The Hall–Kier alpha value is -2.77. The maximum Gasteiger partial charge on any atom is 0.335 e. The van der Waals surface area contributed by atoms with Gasteiger partial charge in [0.05, 0.1) is 16.1 Å². The number of carbonyl (C=O) groups is 3. The van der Waals surface area contributed by atoms with Crippen LogP contribution in [0.4, 0.5) is 4.39 Å². The Kier molecular flexibility index (Phi) is 7.47. The molecule has 0 unspecified atom stereocenters. The molecule has 0 aliphatic carbocycles. The van der Waals surface area contributed by atoms with Gasteiger partial charge in [0.15, 0.2) is 5.78 Å². The zero-order valence-corrected chi connectivity index (χ0v) is 16.8. The molecule has 0 bridgehead atoms. The second-order valence-corrected chi connectivity index (χ2v) is 7.14. The molecule has 2 aromatic carbocycles. The van der Waals surface area contributed by atoms with Crippen LogP contribution in [0.15, 0.2) is 36.4 Å². The molecule has 2 aromatic rings. The third-order valence-corrected chi connectivity index (χ3v) is 4.83. The van der Waals surface area contributed by atoms with Crippen LogP contribution in [-0.4, -0.2) is 28.8 Å². The number of carbonyl (C=O) groups excluding carboxylic acids is 2. The van der Waals surface area contributed by atoms with E-state index < -0.39 is 29.5 Å². The minimum atomic E-state index is -1.13. The first-order chi connectivity index (χ1) is 13.6. The molecule has 0 aliphatic rings. The number of carboxylic acids is 1. The van der Waals surface area contributed by atoms with E-state index in [9.17, 15) is 14.4 Å². The summed E-state index contributed by atoms with van der Waals surface area (Å²) in [5.74, 6) is -3.00. The molecule has 0 aliphatic heterocycles. The molecule has 0 fully saturated rings. The quantitative estimate of drug-likeness (QED) is 0.522. The zero-order valence-electron chi connectivity index (χ0n) is 16.0. The standard InChI is InChI=1S/C21H22ClFN2O4.2H2/c1-3-16(25-11(2)10-17(24)26)14-8-9-15(22)18(19(14)23)20(27)12-4-6-13(7-5-12)21(28)29;;/h4-9,11,16,25H,3,10H2,1-2H3,(H2,24,26)(H,28,29);2*1H/t11-,16+;;/m0../s1. The van der Waals surface area contributed by atoms with Crippen molar-refractivity contribution in [2.45, 2.75) is 38.8 Å². The summed E-state index contributed by atoms with van der Waals surface area (Å²) in [5.41, 5.74) is 5.31. The van der Waals surface area contributed by atoms with Crippen LogP contribution in [0.3, 0.4) is 0 Å². The molecule has 1 amide bonds. The predicted molar refractivity (Wildman–Crippen MR) is 112 cm³/mol. The van der Waals surface area contributed by atoms with Crippen molar-refractivity contribution < 1.29 is 26.7 Å². The number of halogens is 2. The van der Waals surface area contributed by atoms with Crippen LogP contribution < -0.4 is 11.1 Å². The molecule has 0 aromatic heterocycles. The Labute approximate surface area is 175 Å². The van der Waals surface area contributed by atoms with Gasteiger partial charge in [-0.2, -0.15) is 0 Å². The van der Waals surface area contributed by atoms with Crippen LogP contribution in [0, 0.1) is 5.82 Å². The Bertz CT molecular complexity index is 942. The summed E-state index contributed by atoms with van der Waals surface area (Å²) >= 11 is 6.11. The topological polar surface area (TPSA) is 109 Å². The Morgan fingerprint density at radius 2 is 1.76 bits per heavy atom. The number of carboxylic acid groups (broad SMARTS) is 1. The lowest BCUT2D eigenvalue weighted by Crippen LogP contribution is -2.34. The number of ketones is 1. The van der Waals surface area contributed by atoms with Gasteiger partial charge in [0.25, 0.3) is 0 Å². The Balaban J connectivity index is 0.00000450. The number of hydrogen-bond acceptors (Lipinski definition) is 4. The Morgan fingerprint density at radius 1 is 1.17 bits per heavy atom. The van der Waals surface area contributed by atoms with E-state index in [-0.39, 0.29) is 42.6 Å². The number of aromatic carboxylic acids is 1. The summed E-state index contributed by atoms with van der Waals surface area (Å²) in [6, 6.07) is 7.39. The molecule has 2 rings (SSSR count). The highest BCUT2D eigenvalue weighted by Gasteiger charge is 2.25. The third kappa shape index (κ3) is 5.40. The average molecular weight is 425 g/mol. The van der Waals surface area contributed by atoms with Gasteiger partial charge < -0.3 is 16.2 Å². The number of rotatable bonds is 9. The molecule has 29 heavy (non-hydrogen) atoms. The maximum atomic E-state index is 15.3. The van der Waals surface area contributed by atoms with Gasteiger partial charge in [0.2, 0.25) is 5.91 Å². The zero-order chi connectivity index (χ0) is 21.7. The average Bonchev–Trinajstić information content (AvgIpc) is 2.66. The predicted octanol–water partition coefficient (Wildman–Crippen LogP) is 4.20. The molecule has 0 heterocycles. The SMILES string of the molecule is CC[C@@H](N[C@@H](C)CC(N)=O)c1ccc(Cl)c(C(=O)c2ccc(C(=O)O)cc2)c1F.[HH].[HH]. The van der Waals surface area contributed by atoms with Crippen LogP contribution in [-0.2, 0) is 4.79 Å². The first-order valence-electron chi connectivity index (χ1n) is 9.06. The third-order valence-electron chi connectivity index (χ3n) is 4.52. The van der Waals surface area contributed by atoms with Crippen LogP contribution in [0.5, 0.6) is 0 Å². The lowest BCUT2D eigenvalue weighted by atomic mass is 9.95. The van der Waals surface area contributed by atoms with Gasteiger partial charge in [-0.05, 0) is 31.5 Å².